The largest absolute Gasteiger partial charge is 0.303 e. The fourth-order valence-electron chi connectivity index (χ4n) is 4.73. The average Bonchev–Trinajstić information content (AvgIpc) is 2.89. The first-order valence-electron chi connectivity index (χ1n) is 7.80. The van der Waals surface area contributed by atoms with E-state index < -0.39 is 0 Å². The molecule has 2 amide bonds. The molecular weight excluding hydrogens is 264 g/mol. The van der Waals surface area contributed by atoms with Gasteiger partial charge in [-0.3, -0.25) is 14.9 Å². The summed E-state index contributed by atoms with van der Waals surface area (Å²) in [6.07, 6.45) is 2.57. The Hall–Kier alpha value is -1.68. The zero-order valence-corrected chi connectivity index (χ0v) is 12.0. The van der Waals surface area contributed by atoms with E-state index in [0.717, 1.165) is 38.0 Å². The van der Waals surface area contributed by atoms with Crippen molar-refractivity contribution in [3.05, 3.63) is 35.9 Å². The van der Waals surface area contributed by atoms with E-state index in [9.17, 15) is 9.59 Å². The Bertz CT molecular complexity index is 586. The summed E-state index contributed by atoms with van der Waals surface area (Å²) in [5.74, 6) is 0.0958. The van der Waals surface area contributed by atoms with E-state index in [4.69, 9.17) is 0 Å². The van der Waals surface area contributed by atoms with Crippen molar-refractivity contribution in [2.75, 3.05) is 19.6 Å². The van der Waals surface area contributed by atoms with E-state index in [1.807, 2.05) is 30.3 Å². The predicted octanol–water partition coefficient (Wildman–Crippen LogP) is 1.53. The fraction of sp³-hybridized carbons (Fsp3) is 0.529. The quantitative estimate of drug-likeness (QED) is 0.796. The minimum absolute atomic E-state index is 0.0902. The van der Waals surface area contributed by atoms with Gasteiger partial charge in [-0.05, 0) is 37.4 Å². The highest BCUT2D eigenvalue weighted by molar-refractivity contribution is 6.02. The number of nitrogens with zero attached hydrogens (tertiary/aromatic N) is 1. The lowest BCUT2D eigenvalue weighted by Gasteiger charge is -2.49. The van der Waals surface area contributed by atoms with Crippen molar-refractivity contribution in [1.82, 2.24) is 10.2 Å². The van der Waals surface area contributed by atoms with Gasteiger partial charge in [0.1, 0.15) is 0 Å². The zero-order valence-electron chi connectivity index (χ0n) is 12.0. The van der Waals surface area contributed by atoms with E-state index in [1.54, 1.807) is 0 Å². The lowest BCUT2D eigenvalue weighted by molar-refractivity contribution is -0.143. The lowest BCUT2D eigenvalue weighted by Crippen LogP contribution is -2.56. The summed E-state index contributed by atoms with van der Waals surface area (Å²) in [6, 6.07) is 10.00. The van der Waals surface area contributed by atoms with Crippen LogP contribution in [-0.2, 0) is 9.59 Å². The van der Waals surface area contributed by atoms with E-state index in [1.165, 1.54) is 0 Å². The molecule has 110 valence electrons. The van der Waals surface area contributed by atoms with Gasteiger partial charge in [-0.25, -0.2) is 0 Å². The summed E-state index contributed by atoms with van der Waals surface area (Å²) in [5.41, 5.74) is 0.885. The molecule has 0 saturated carbocycles. The SMILES string of the molecule is O=C1CC2(CCN3CCC2C3)C(c2ccccc2)C(=O)N1. The number of amides is 2. The Morgan fingerprint density at radius 1 is 1.14 bits per heavy atom. The number of hydrogen-bond donors (Lipinski definition) is 1. The van der Waals surface area contributed by atoms with Gasteiger partial charge in [0.2, 0.25) is 11.8 Å². The van der Waals surface area contributed by atoms with Crippen LogP contribution in [0.3, 0.4) is 0 Å². The van der Waals surface area contributed by atoms with Crippen LogP contribution < -0.4 is 5.32 Å². The molecule has 4 unspecified atom stereocenters. The number of imide groups is 1. The third-order valence-electron chi connectivity index (χ3n) is 5.70. The van der Waals surface area contributed by atoms with Crippen molar-refractivity contribution in [3.8, 4) is 0 Å². The Labute approximate surface area is 124 Å². The van der Waals surface area contributed by atoms with Crippen LogP contribution in [0.2, 0.25) is 0 Å². The van der Waals surface area contributed by atoms with Crippen LogP contribution in [0.4, 0.5) is 0 Å². The van der Waals surface area contributed by atoms with Gasteiger partial charge in [-0.15, -0.1) is 0 Å². The summed E-state index contributed by atoms with van der Waals surface area (Å²) < 4.78 is 0. The monoisotopic (exact) mass is 284 g/mol. The van der Waals surface area contributed by atoms with E-state index in [0.29, 0.717) is 12.3 Å². The number of piperidine rings is 2. The molecule has 4 rings (SSSR count). The average molecular weight is 284 g/mol. The Kier molecular flexibility index (Phi) is 2.89. The van der Waals surface area contributed by atoms with Crippen LogP contribution in [0.25, 0.3) is 0 Å². The zero-order chi connectivity index (χ0) is 14.4. The van der Waals surface area contributed by atoms with E-state index in [2.05, 4.69) is 10.2 Å². The number of carbonyl (C=O) groups excluding carboxylic acids is 2. The van der Waals surface area contributed by atoms with E-state index >= 15 is 0 Å². The number of hydrogen-bond acceptors (Lipinski definition) is 3. The van der Waals surface area contributed by atoms with Crippen molar-refractivity contribution in [2.45, 2.75) is 25.2 Å². The van der Waals surface area contributed by atoms with Crippen LogP contribution in [-0.4, -0.2) is 36.3 Å². The molecule has 3 heterocycles. The first kappa shape index (κ1) is 13.0. The van der Waals surface area contributed by atoms with Crippen LogP contribution in [0.15, 0.2) is 30.3 Å². The standard InChI is InChI=1S/C17H20N2O2/c20-14-10-17(7-9-19-8-6-13(17)11-19)15(16(21)18-14)12-4-2-1-3-5-12/h1-5,13,15H,6-11H2,(H,18,20,21). The van der Waals surface area contributed by atoms with Crippen molar-refractivity contribution in [3.63, 3.8) is 0 Å². The van der Waals surface area contributed by atoms with E-state index in [-0.39, 0.29) is 23.1 Å². The fourth-order valence-corrected chi connectivity index (χ4v) is 4.73. The van der Waals surface area contributed by atoms with Crippen LogP contribution >= 0.6 is 0 Å². The Balaban J connectivity index is 1.80. The van der Waals surface area contributed by atoms with Crippen molar-refractivity contribution in [2.24, 2.45) is 11.3 Å². The highest BCUT2D eigenvalue weighted by Gasteiger charge is 2.56. The maximum absolute atomic E-state index is 12.6. The van der Waals surface area contributed by atoms with Crippen molar-refractivity contribution in [1.29, 1.82) is 0 Å². The van der Waals surface area contributed by atoms with Gasteiger partial charge in [0, 0.05) is 18.4 Å². The van der Waals surface area contributed by atoms with Gasteiger partial charge >= 0.3 is 0 Å². The molecule has 3 fully saturated rings. The molecule has 4 atom stereocenters. The summed E-state index contributed by atoms with van der Waals surface area (Å²) in [5, 5.41) is 2.57. The van der Waals surface area contributed by atoms with Gasteiger partial charge in [-0.2, -0.15) is 0 Å². The molecule has 2 bridgehead atoms. The smallest absolute Gasteiger partial charge is 0.234 e. The third-order valence-corrected chi connectivity index (χ3v) is 5.70. The summed E-state index contributed by atoms with van der Waals surface area (Å²) in [4.78, 5) is 27.1. The molecule has 1 spiro atoms. The second-order valence-corrected chi connectivity index (χ2v) is 6.70. The Morgan fingerprint density at radius 3 is 2.76 bits per heavy atom. The second kappa shape index (κ2) is 4.67. The molecule has 4 heteroatoms. The number of rotatable bonds is 1. The molecule has 0 aromatic heterocycles. The first-order valence-corrected chi connectivity index (χ1v) is 7.80. The number of fused-ring (bicyclic) bond motifs is 3. The molecular formula is C17H20N2O2. The van der Waals surface area contributed by atoms with Gasteiger partial charge in [0.05, 0.1) is 5.92 Å². The normalized spacial score (nSPS) is 38.6. The maximum Gasteiger partial charge on any atom is 0.234 e. The lowest BCUT2D eigenvalue weighted by atomic mass is 9.57. The highest BCUT2D eigenvalue weighted by Crippen LogP contribution is 2.55. The van der Waals surface area contributed by atoms with Gasteiger partial charge < -0.3 is 4.90 Å². The van der Waals surface area contributed by atoms with Gasteiger partial charge in [0.15, 0.2) is 0 Å². The number of nitrogens with one attached hydrogen (secondary N) is 1. The third kappa shape index (κ3) is 1.93. The topological polar surface area (TPSA) is 49.4 Å². The van der Waals surface area contributed by atoms with Gasteiger partial charge in [-0.1, -0.05) is 30.3 Å². The molecule has 3 saturated heterocycles. The minimum Gasteiger partial charge on any atom is -0.303 e. The maximum atomic E-state index is 12.6. The summed E-state index contributed by atoms with van der Waals surface area (Å²) in [7, 11) is 0. The predicted molar refractivity (Wildman–Crippen MR) is 78.5 cm³/mol. The van der Waals surface area contributed by atoms with Crippen LogP contribution in [0.5, 0.6) is 0 Å². The highest BCUT2D eigenvalue weighted by atomic mass is 16.2. The van der Waals surface area contributed by atoms with Gasteiger partial charge in [0.25, 0.3) is 0 Å². The number of benzene rings is 1. The Morgan fingerprint density at radius 2 is 1.95 bits per heavy atom. The number of carbonyl (C=O) groups is 2. The van der Waals surface area contributed by atoms with Crippen molar-refractivity contribution < 1.29 is 9.59 Å². The molecule has 3 aliphatic rings. The molecule has 1 aromatic carbocycles. The summed E-state index contributed by atoms with van der Waals surface area (Å²) in [6.45, 7) is 3.17. The van der Waals surface area contributed by atoms with Crippen molar-refractivity contribution >= 4 is 11.8 Å². The van der Waals surface area contributed by atoms with Crippen LogP contribution in [0.1, 0.15) is 30.7 Å². The first-order chi connectivity index (χ1) is 10.2. The molecule has 3 aliphatic heterocycles. The minimum atomic E-state index is -0.179. The second-order valence-electron chi connectivity index (χ2n) is 6.70. The molecule has 0 radical (unpaired) electrons. The van der Waals surface area contributed by atoms with Crippen LogP contribution in [0, 0.1) is 11.3 Å². The molecule has 1 N–H and O–H groups in total. The summed E-state index contributed by atoms with van der Waals surface area (Å²) >= 11 is 0. The molecule has 21 heavy (non-hydrogen) atoms. The molecule has 0 aliphatic carbocycles. The molecule has 1 aromatic rings. The molecule has 4 nitrogen and oxygen atoms in total.